The molecule has 2 amide bonds. The SMILES string of the molecule is COCCCN(CC(=O)N1CCc2sccc2[C@@H]1COc1ccccc1F)C(=O)c1cccc(Cl)c1. The molecule has 0 radical (unpaired) electrons. The van der Waals surface area contributed by atoms with Gasteiger partial charge in [0.1, 0.15) is 13.2 Å². The lowest BCUT2D eigenvalue weighted by Crippen LogP contribution is -2.48. The molecule has 190 valence electrons. The third-order valence-corrected chi connectivity index (χ3v) is 7.34. The molecule has 0 spiro atoms. The van der Waals surface area contributed by atoms with Gasteiger partial charge >= 0.3 is 0 Å². The maximum absolute atomic E-state index is 14.2. The predicted molar refractivity (Wildman–Crippen MR) is 138 cm³/mol. The van der Waals surface area contributed by atoms with Gasteiger partial charge in [-0.25, -0.2) is 4.39 Å². The number of thiophene rings is 1. The van der Waals surface area contributed by atoms with E-state index in [4.69, 9.17) is 21.1 Å². The Morgan fingerprint density at radius 1 is 1.19 bits per heavy atom. The Bertz CT molecular complexity index is 1200. The molecular weight excluding hydrogens is 503 g/mol. The van der Waals surface area contributed by atoms with Gasteiger partial charge in [0.05, 0.1) is 6.04 Å². The van der Waals surface area contributed by atoms with Gasteiger partial charge in [-0.2, -0.15) is 0 Å². The van der Waals surface area contributed by atoms with E-state index < -0.39 is 5.82 Å². The number of para-hydroxylation sites is 1. The monoisotopic (exact) mass is 530 g/mol. The van der Waals surface area contributed by atoms with Crippen LogP contribution in [0.1, 0.15) is 33.3 Å². The first-order valence-corrected chi connectivity index (χ1v) is 13.0. The Kier molecular flexibility index (Phi) is 8.96. The highest BCUT2D eigenvalue weighted by atomic mass is 35.5. The van der Waals surface area contributed by atoms with Gasteiger partial charge in [0.25, 0.3) is 5.91 Å². The van der Waals surface area contributed by atoms with Crippen molar-refractivity contribution in [2.24, 2.45) is 0 Å². The quantitative estimate of drug-likeness (QED) is 0.337. The van der Waals surface area contributed by atoms with Gasteiger partial charge in [0.15, 0.2) is 11.6 Å². The largest absolute Gasteiger partial charge is 0.488 e. The van der Waals surface area contributed by atoms with Gasteiger partial charge in [0, 0.05) is 42.3 Å². The molecule has 0 unspecified atom stereocenters. The molecule has 0 N–H and O–H groups in total. The van der Waals surface area contributed by atoms with Crippen LogP contribution in [0.25, 0.3) is 0 Å². The van der Waals surface area contributed by atoms with Gasteiger partial charge in [-0.15, -0.1) is 11.3 Å². The number of amides is 2. The third kappa shape index (κ3) is 6.24. The molecule has 0 fully saturated rings. The molecule has 6 nitrogen and oxygen atoms in total. The van der Waals surface area contributed by atoms with Crippen molar-refractivity contribution in [1.29, 1.82) is 0 Å². The number of halogens is 2. The molecular formula is C27H28ClFN2O4S. The first kappa shape index (κ1) is 26.1. The maximum Gasteiger partial charge on any atom is 0.254 e. The van der Waals surface area contributed by atoms with Crippen LogP contribution in [-0.2, 0) is 16.0 Å². The molecule has 0 aliphatic carbocycles. The molecule has 2 heterocycles. The van der Waals surface area contributed by atoms with Gasteiger partial charge < -0.3 is 19.3 Å². The lowest BCUT2D eigenvalue weighted by atomic mass is 10.0. The summed E-state index contributed by atoms with van der Waals surface area (Å²) in [7, 11) is 1.60. The van der Waals surface area contributed by atoms with Gasteiger partial charge in [-0.05, 0) is 60.2 Å². The molecule has 36 heavy (non-hydrogen) atoms. The molecule has 3 aromatic rings. The molecule has 1 aromatic heterocycles. The number of carbonyl (C=O) groups is 2. The van der Waals surface area contributed by atoms with E-state index in [1.165, 1.54) is 15.8 Å². The second-order valence-corrected chi connectivity index (χ2v) is 9.91. The number of ether oxygens (including phenoxy) is 2. The second kappa shape index (κ2) is 12.3. The topological polar surface area (TPSA) is 59.1 Å². The fourth-order valence-electron chi connectivity index (χ4n) is 4.32. The summed E-state index contributed by atoms with van der Waals surface area (Å²) in [5.41, 5.74) is 1.42. The smallest absolute Gasteiger partial charge is 0.254 e. The van der Waals surface area contributed by atoms with Crippen LogP contribution in [-0.4, -0.2) is 61.6 Å². The lowest BCUT2D eigenvalue weighted by molar-refractivity contribution is -0.135. The van der Waals surface area contributed by atoms with Crippen LogP contribution in [0.15, 0.2) is 60.0 Å². The summed E-state index contributed by atoms with van der Waals surface area (Å²) in [6, 6.07) is 14.5. The normalized spacial score (nSPS) is 14.9. The summed E-state index contributed by atoms with van der Waals surface area (Å²) in [4.78, 5) is 31.4. The highest BCUT2D eigenvalue weighted by molar-refractivity contribution is 7.10. The minimum absolute atomic E-state index is 0.0925. The van der Waals surface area contributed by atoms with E-state index in [9.17, 15) is 14.0 Å². The standard InChI is InChI=1S/C27H28ClFN2O4S/c1-34-14-5-12-30(27(33)19-6-4-7-20(28)16-19)17-26(32)31-13-10-25-21(11-15-36-25)23(31)18-35-24-9-3-2-8-22(24)29/h2-4,6-9,11,15-16,23H,5,10,12-14,17-18H2,1H3/t23-/m0/s1. The molecule has 1 aliphatic rings. The van der Waals surface area contributed by atoms with Crippen molar-refractivity contribution in [3.63, 3.8) is 0 Å². The van der Waals surface area contributed by atoms with Crippen molar-refractivity contribution < 1.29 is 23.5 Å². The molecule has 1 atom stereocenters. The Balaban J connectivity index is 1.53. The van der Waals surface area contributed by atoms with Crippen LogP contribution < -0.4 is 4.74 Å². The van der Waals surface area contributed by atoms with Crippen molar-refractivity contribution in [2.75, 3.05) is 40.0 Å². The molecule has 9 heteroatoms. The van der Waals surface area contributed by atoms with E-state index in [0.29, 0.717) is 36.7 Å². The van der Waals surface area contributed by atoms with E-state index in [1.807, 2.05) is 11.4 Å². The zero-order valence-corrected chi connectivity index (χ0v) is 21.6. The Labute approximate surface area is 219 Å². The average molecular weight is 531 g/mol. The van der Waals surface area contributed by atoms with Gasteiger partial charge in [-0.1, -0.05) is 29.8 Å². The van der Waals surface area contributed by atoms with Crippen LogP contribution in [0.5, 0.6) is 5.75 Å². The average Bonchev–Trinajstić information content (AvgIpc) is 3.36. The summed E-state index contributed by atoms with van der Waals surface area (Å²) in [5, 5.41) is 2.45. The van der Waals surface area contributed by atoms with Crippen molar-refractivity contribution in [3.8, 4) is 5.75 Å². The summed E-state index contributed by atoms with van der Waals surface area (Å²) >= 11 is 7.74. The Morgan fingerprint density at radius 3 is 2.81 bits per heavy atom. The molecule has 0 bridgehead atoms. The Morgan fingerprint density at radius 2 is 2.03 bits per heavy atom. The fourth-order valence-corrected chi connectivity index (χ4v) is 5.43. The van der Waals surface area contributed by atoms with Crippen LogP contribution in [0.3, 0.4) is 0 Å². The molecule has 1 aliphatic heterocycles. The van der Waals surface area contributed by atoms with E-state index in [-0.39, 0.29) is 36.8 Å². The number of methoxy groups -OCH3 is 1. The number of nitrogens with zero attached hydrogens (tertiary/aromatic N) is 2. The summed E-state index contributed by atoms with van der Waals surface area (Å²) in [6.07, 6.45) is 1.31. The molecule has 4 rings (SSSR count). The number of hydrogen-bond donors (Lipinski definition) is 0. The number of fused-ring (bicyclic) bond motifs is 1. The van der Waals surface area contributed by atoms with Crippen LogP contribution >= 0.6 is 22.9 Å². The van der Waals surface area contributed by atoms with Crippen molar-refractivity contribution in [3.05, 3.63) is 86.8 Å². The van der Waals surface area contributed by atoms with E-state index in [1.54, 1.807) is 65.8 Å². The third-order valence-electron chi connectivity index (χ3n) is 6.11. The minimum Gasteiger partial charge on any atom is -0.488 e. The second-order valence-electron chi connectivity index (χ2n) is 8.48. The number of hydrogen-bond acceptors (Lipinski definition) is 5. The molecule has 2 aromatic carbocycles. The summed E-state index contributed by atoms with van der Waals surface area (Å²) < 4.78 is 25.1. The number of benzene rings is 2. The van der Waals surface area contributed by atoms with Crippen molar-refractivity contribution >= 4 is 34.8 Å². The fraction of sp³-hybridized carbons (Fsp3) is 0.333. The number of rotatable bonds is 10. The van der Waals surface area contributed by atoms with E-state index in [0.717, 1.165) is 12.0 Å². The Hall–Kier alpha value is -2.94. The van der Waals surface area contributed by atoms with Crippen LogP contribution in [0, 0.1) is 5.82 Å². The van der Waals surface area contributed by atoms with E-state index >= 15 is 0 Å². The molecule has 0 saturated carbocycles. The zero-order valence-electron chi connectivity index (χ0n) is 20.0. The minimum atomic E-state index is -0.451. The number of carbonyl (C=O) groups excluding carboxylic acids is 2. The summed E-state index contributed by atoms with van der Waals surface area (Å²) in [6.45, 7) is 1.34. The summed E-state index contributed by atoms with van der Waals surface area (Å²) in [5.74, 6) is -0.770. The highest BCUT2D eigenvalue weighted by Crippen LogP contribution is 2.34. The van der Waals surface area contributed by atoms with Gasteiger partial charge in [0.2, 0.25) is 5.91 Å². The predicted octanol–water partition coefficient (Wildman–Crippen LogP) is 5.22. The molecule has 0 saturated heterocycles. The first-order valence-electron chi connectivity index (χ1n) is 11.7. The zero-order chi connectivity index (χ0) is 25.5. The van der Waals surface area contributed by atoms with Crippen molar-refractivity contribution in [2.45, 2.75) is 18.9 Å². The highest BCUT2D eigenvalue weighted by Gasteiger charge is 2.33. The van der Waals surface area contributed by atoms with Gasteiger partial charge in [-0.3, -0.25) is 9.59 Å². The van der Waals surface area contributed by atoms with Crippen LogP contribution in [0.2, 0.25) is 5.02 Å². The van der Waals surface area contributed by atoms with Crippen molar-refractivity contribution in [1.82, 2.24) is 9.80 Å². The lowest BCUT2D eigenvalue weighted by Gasteiger charge is -2.37. The maximum atomic E-state index is 14.2. The van der Waals surface area contributed by atoms with Crippen LogP contribution in [0.4, 0.5) is 4.39 Å². The first-order chi connectivity index (χ1) is 17.5. The van der Waals surface area contributed by atoms with E-state index in [2.05, 4.69) is 0 Å².